The fourth-order valence-corrected chi connectivity index (χ4v) is 6.21. The molecule has 2 atom stereocenters. The van der Waals surface area contributed by atoms with Crippen LogP contribution in [0.2, 0.25) is 0 Å². The number of esters is 1. The van der Waals surface area contributed by atoms with E-state index in [0.29, 0.717) is 17.5 Å². The lowest BCUT2D eigenvalue weighted by Crippen LogP contribution is -2.45. The molecule has 1 aliphatic carbocycles. The van der Waals surface area contributed by atoms with Gasteiger partial charge in [-0.2, -0.15) is 0 Å². The maximum absolute atomic E-state index is 13.6. The smallest absolute Gasteiger partial charge is 0.313 e. The van der Waals surface area contributed by atoms with E-state index in [2.05, 4.69) is 24.3 Å². The van der Waals surface area contributed by atoms with Crippen LogP contribution in [0, 0.1) is 0 Å². The Morgan fingerprint density at radius 2 is 1.27 bits per heavy atom. The van der Waals surface area contributed by atoms with Crippen LogP contribution >= 0.6 is 0 Å². The van der Waals surface area contributed by atoms with E-state index in [-0.39, 0.29) is 37.4 Å². The predicted octanol–water partition coefficient (Wildman–Crippen LogP) is 6.19. The lowest BCUT2D eigenvalue weighted by Gasteiger charge is -2.41. The number of nitrogens with zero attached hydrogens (tertiary/aromatic N) is 1. The normalized spacial score (nSPS) is 17.6. The van der Waals surface area contributed by atoms with E-state index < -0.39 is 17.9 Å². The topological polar surface area (TPSA) is 83.9 Å². The fourth-order valence-electron chi connectivity index (χ4n) is 6.21. The molecule has 6 heteroatoms. The molecule has 40 heavy (non-hydrogen) atoms. The summed E-state index contributed by atoms with van der Waals surface area (Å²) in [5, 5.41) is 10.2. The standard InChI is InChI=1S/C34H29NO5/c36-30(40-21-29-25-15-6-4-13-23(25)24-14-5-7-16-26(24)29)19-10-20-35-32(22-11-2-1-3-12-22)31(34(38)39)27-17-8-9-18-28(27)33(35)37/h1-9,11-18,29,31-32H,10,19-21H2,(H,38,39)/t31-,32+/m1/s1. The first kappa shape index (κ1) is 25.6. The molecular weight excluding hydrogens is 502 g/mol. The Labute approximate surface area is 232 Å². The Kier molecular flexibility index (Phi) is 6.91. The zero-order valence-corrected chi connectivity index (χ0v) is 21.9. The van der Waals surface area contributed by atoms with Crippen LogP contribution in [-0.2, 0) is 14.3 Å². The van der Waals surface area contributed by atoms with Gasteiger partial charge in [-0.25, -0.2) is 0 Å². The third-order valence-electron chi connectivity index (χ3n) is 8.00. The van der Waals surface area contributed by atoms with Crippen LogP contribution in [0.3, 0.4) is 0 Å². The highest BCUT2D eigenvalue weighted by Gasteiger charge is 2.44. The highest BCUT2D eigenvalue weighted by atomic mass is 16.5. The minimum atomic E-state index is -0.990. The van der Waals surface area contributed by atoms with Crippen LogP contribution in [0.15, 0.2) is 103 Å². The Morgan fingerprint density at radius 3 is 1.90 bits per heavy atom. The Hall–Kier alpha value is -4.71. The molecule has 4 aromatic carbocycles. The summed E-state index contributed by atoms with van der Waals surface area (Å²) in [5.41, 5.74) is 6.30. The fraction of sp³-hybridized carbons (Fsp3) is 0.206. The quantitative estimate of drug-likeness (QED) is 0.274. The van der Waals surface area contributed by atoms with Gasteiger partial charge in [-0.15, -0.1) is 0 Å². The van der Waals surface area contributed by atoms with Crippen molar-refractivity contribution in [1.29, 1.82) is 0 Å². The minimum absolute atomic E-state index is 0.0182. The van der Waals surface area contributed by atoms with E-state index in [0.717, 1.165) is 16.7 Å². The van der Waals surface area contributed by atoms with E-state index >= 15 is 0 Å². The number of hydrogen-bond acceptors (Lipinski definition) is 4. The summed E-state index contributed by atoms with van der Waals surface area (Å²) in [6, 6.07) is 31.8. The first-order chi connectivity index (χ1) is 19.5. The molecule has 0 bridgehead atoms. The molecule has 6 rings (SSSR count). The number of carbonyl (C=O) groups excluding carboxylic acids is 2. The second-order valence-electron chi connectivity index (χ2n) is 10.3. The second kappa shape index (κ2) is 10.8. The lowest BCUT2D eigenvalue weighted by molar-refractivity contribution is -0.144. The summed E-state index contributed by atoms with van der Waals surface area (Å²) < 4.78 is 5.75. The molecule has 1 aliphatic heterocycles. The van der Waals surface area contributed by atoms with Gasteiger partial charge in [0.2, 0.25) is 0 Å². The van der Waals surface area contributed by atoms with Gasteiger partial charge in [-0.05, 0) is 45.9 Å². The van der Waals surface area contributed by atoms with Gasteiger partial charge in [0, 0.05) is 24.4 Å². The van der Waals surface area contributed by atoms with Crippen molar-refractivity contribution < 1.29 is 24.2 Å². The highest BCUT2D eigenvalue weighted by molar-refractivity contribution is 6.00. The first-order valence-electron chi connectivity index (χ1n) is 13.6. The Morgan fingerprint density at radius 1 is 0.725 bits per heavy atom. The van der Waals surface area contributed by atoms with Gasteiger partial charge in [0.25, 0.3) is 5.91 Å². The molecule has 0 aromatic heterocycles. The van der Waals surface area contributed by atoms with E-state index in [1.165, 1.54) is 11.1 Å². The maximum Gasteiger partial charge on any atom is 0.313 e. The van der Waals surface area contributed by atoms with Crippen LogP contribution in [0.5, 0.6) is 0 Å². The molecule has 2 aliphatic rings. The number of carboxylic acids is 1. The van der Waals surface area contributed by atoms with Crippen molar-refractivity contribution in [3.63, 3.8) is 0 Å². The van der Waals surface area contributed by atoms with Crippen molar-refractivity contribution >= 4 is 17.8 Å². The SMILES string of the molecule is O=C(CCCN1C(=O)c2ccccc2[C@@H](C(=O)O)[C@@H]1c1ccccc1)OCC1c2ccccc2-c2ccccc21. The predicted molar refractivity (Wildman–Crippen MR) is 151 cm³/mol. The van der Waals surface area contributed by atoms with Gasteiger partial charge >= 0.3 is 11.9 Å². The van der Waals surface area contributed by atoms with Gasteiger partial charge in [-0.3, -0.25) is 14.4 Å². The summed E-state index contributed by atoms with van der Waals surface area (Å²) >= 11 is 0. The molecule has 0 spiro atoms. The number of amides is 1. The van der Waals surface area contributed by atoms with Gasteiger partial charge in [0.05, 0.1) is 6.04 Å². The number of carboxylic acid groups (broad SMARTS) is 1. The van der Waals surface area contributed by atoms with Crippen molar-refractivity contribution in [2.24, 2.45) is 0 Å². The molecule has 0 radical (unpaired) electrons. The molecule has 0 saturated carbocycles. The van der Waals surface area contributed by atoms with Crippen LogP contribution in [-0.4, -0.2) is 41.0 Å². The summed E-state index contributed by atoms with van der Waals surface area (Å²) in [4.78, 5) is 40.6. The average molecular weight is 532 g/mol. The van der Waals surface area contributed by atoms with Gasteiger partial charge in [0.1, 0.15) is 12.5 Å². The highest BCUT2D eigenvalue weighted by Crippen LogP contribution is 2.45. The lowest BCUT2D eigenvalue weighted by atomic mass is 9.79. The number of carbonyl (C=O) groups is 3. The van der Waals surface area contributed by atoms with Crippen LogP contribution in [0.1, 0.15) is 63.3 Å². The van der Waals surface area contributed by atoms with Gasteiger partial charge in [0.15, 0.2) is 0 Å². The molecule has 0 unspecified atom stereocenters. The summed E-state index contributed by atoms with van der Waals surface area (Å²) in [5.74, 6) is -2.48. The van der Waals surface area contributed by atoms with Crippen molar-refractivity contribution in [3.05, 3.63) is 131 Å². The zero-order valence-electron chi connectivity index (χ0n) is 21.9. The molecule has 0 saturated heterocycles. The maximum atomic E-state index is 13.6. The van der Waals surface area contributed by atoms with E-state index in [1.807, 2.05) is 54.6 Å². The van der Waals surface area contributed by atoms with Gasteiger partial charge < -0.3 is 14.7 Å². The number of ether oxygens (including phenoxy) is 1. The van der Waals surface area contributed by atoms with Crippen molar-refractivity contribution in [3.8, 4) is 11.1 Å². The number of benzene rings is 4. The zero-order chi connectivity index (χ0) is 27.6. The number of rotatable bonds is 8. The number of aliphatic carboxylic acids is 1. The monoisotopic (exact) mass is 531 g/mol. The Balaban J connectivity index is 1.16. The largest absolute Gasteiger partial charge is 0.481 e. The third-order valence-corrected chi connectivity index (χ3v) is 8.00. The summed E-state index contributed by atoms with van der Waals surface area (Å²) in [6.45, 7) is 0.483. The van der Waals surface area contributed by atoms with Gasteiger partial charge in [-0.1, -0.05) is 97.1 Å². The minimum Gasteiger partial charge on any atom is -0.481 e. The third kappa shape index (κ3) is 4.56. The molecule has 1 heterocycles. The average Bonchev–Trinajstić information content (AvgIpc) is 3.31. The van der Waals surface area contributed by atoms with Crippen molar-refractivity contribution in [2.75, 3.05) is 13.2 Å². The molecule has 4 aromatic rings. The van der Waals surface area contributed by atoms with Crippen molar-refractivity contribution in [2.45, 2.75) is 30.7 Å². The summed E-state index contributed by atoms with van der Waals surface area (Å²) in [7, 11) is 0. The molecule has 1 amide bonds. The number of fused-ring (bicyclic) bond motifs is 4. The summed E-state index contributed by atoms with van der Waals surface area (Å²) in [6.07, 6.45) is 0.487. The Bertz CT molecular complexity index is 1530. The second-order valence-corrected chi connectivity index (χ2v) is 10.3. The van der Waals surface area contributed by atoms with Crippen LogP contribution in [0.4, 0.5) is 0 Å². The van der Waals surface area contributed by atoms with Crippen LogP contribution < -0.4 is 0 Å². The van der Waals surface area contributed by atoms with E-state index in [9.17, 15) is 19.5 Å². The molecular formula is C34H29NO5. The van der Waals surface area contributed by atoms with E-state index in [1.54, 1.807) is 29.2 Å². The van der Waals surface area contributed by atoms with E-state index in [4.69, 9.17) is 4.74 Å². The molecule has 1 N–H and O–H groups in total. The molecule has 200 valence electrons. The van der Waals surface area contributed by atoms with Crippen LogP contribution in [0.25, 0.3) is 11.1 Å². The van der Waals surface area contributed by atoms with Crippen molar-refractivity contribution in [1.82, 2.24) is 4.90 Å². The number of hydrogen-bond donors (Lipinski definition) is 1. The molecule has 6 nitrogen and oxygen atoms in total. The first-order valence-corrected chi connectivity index (χ1v) is 13.6. The molecule has 0 fully saturated rings.